The van der Waals surface area contributed by atoms with Gasteiger partial charge in [-0.2, -0.15) is 8.78 Å². The molecular formula is C29H31F3N4O6. The van der Waals surface area contributed by atoms with E-state index in [0.29, 0.717) is 23.1 Å². The lowest BCUT2D eigenvalue weighted by Gasteiger charge is -2.35. The maximum absolute atomic E-state index is 14.5. The third kappa shape index (κ3) is 5.87. The molecule has 2 heterocycles. The topological polar surface area (TPSA) is 125 Å². The van der Waals surface area contributed by atoms with Crippen molar-refractivity contribution in [1.82, 2.24) is 20.4 Å². The zero-order valence-corrected chi connectivity index (χ0v) is 23.3. The van der Waals surface area contributed by atoms with Crippen LogP contribution in [-0.2, 0) is 42.9 Å². The smallest absolute Gasteiger partial charge is 0.349 e. The van der Waals surface area contributed by atoms with Gasteiger partial charge in [0.1, 0.15) is 17.4 Å². The van der Waals surface area contributed by atoms with Gasteiger partial charge < -0.3 is 20.3 Å². The first-order valence-electron chi connectivity index (χ1n) is 13.4. The number of nitrogens with zero attached hydrogens (tertiary/aromatic N) is 2. The Morgan fingerprint density at radius 3 is 2.43 bits per heavy atom. The van der Waals surface area contributed by atoms with Gasteiger partial charge in [-0.15, -0.1) is 0 Å². The Morgan fingerprint density at radius 2 is 1.79 bits per heavy atom. The summed E-state index contributed by atoms with van der Waals surface area (Å²) in [6.45, 7) is 2.59. The molecular weight excluding hydrogens is 557 g/mol. The van der Waals surface area contributed by atoms with Crippen LogP contribution in [0.1, 0.15) is 60.2 Å². The minimum Gasteiger partial charge on any atom is -0.442 e. The molecule has 10 nitrogen and oxygen atoms in total. The van der Waals surface area contributed by atoms with E-state index in [1.807, 2.05) is 0 Å². The number of piperidine rings is 1. The number of imide groups is 1. The van der Waals surface area contributed by atoms with Gasteiger partial charge in [-0.05, 0) is 68.3 Å². The number of carbonyl (C=O) groups is 5. The van der Waals surface area contributed by atoms with E-state index in [2.05, 4.69) is 10.6 Å². The fourth-order valence-corrected chi connectivity index (χ4v) is 4.79. The van der Waals surface area contributed by atoms with Gasteiger partial charge >= 0.3 is 11.9 Å². The second-order valence-corrected chi connectivity index (χ2v) is 10.4. The molecule has 0 saturated carbocycles. The number of benzene rings is 2. The number of fused-ring (bicyclic) bond motifs is 1. The van der Waals surface area contributed by atoms with Crippen LogP contribution in [0.5, 0.6) is 0 Å². The Kier molecular flexibility index (Phi) is 8.71. The average molecular weight is 589 g/mol. The predicted molar refractivity (Wildman–Crippen MR) is 142 cm³/mol. The van der Waals surface area contributed by atoms with Crippen molar-refractivity contribution in [2.45, 2.75) is 63.7 Å². The highest BCUT2D eigenvalue weighted by atomic mass is 19.3. The quantitative estimate of drug-likeness (QED) is 0.323. The highest BCUT2D eigenvalue weighted by Crippen LogP contribution is 2.31. The Bertz CT molecular complexity index is 1410. The molecule has 2 aliphatic rings. The van der Waals surface area contributed by atoms with Crippen LogP contribution >= 0.6 is 0 Å². The normalized spacial score (nSPS) is 18.5. The van der Waals surface area contributed by atoms with Crippen LogP contribution in [0.15, 0.2) is 42.5 Å². The molecule has 2 unspecified atom stereocenters. The van der Waals surface area contributed by atoms with Crippen LogP contribution in [0, 0.1) is 5.82 Å². The molecule has 4 rings (SSSR count). The van der Waals surface area contributed by atoms with Gasteiger partial charge in [0.15, 0.2) is 6.73 Å². The second kappa shape index (κ2) is 11.9. The van der Waals surface area contributed by atoms with Crippen molar-refractivity contribution in [2.24, 2.45) is 0 Å². The molecule has 2 aromatic carbocycles. The molecule has 4 amide bonds. The number of hydrogen-bond donors (Lipinski definition) is 2. The molecule has 0 radical (unpaired) electrons. The van der Waals surface area contributed by atoms with Gasteiger partial charge in [0, 0.05) is 30.6 Å². The van der Waals surface area contributed by atoms with Crippen molar-refractivity contribution < 1.29 is 41.9 Å². The molecule has 2 aliphatic heterocycles. The largest absolute Gasteiger partial charge is 0.442 e. The molecule has 0 aliphatic carbocycles. The minimum absolute atomic E-state index is 0.0214. The first-order valence-corrected chi connectivity index (χ1v) is 13.4. The Labute approximate surface area is 240 Å². The summed E-state index contributed by atoms with van der Waals surface area (Å²) in [5.41, 5.74) is -0.391. The molecule has 2 aromatic rings. The zero-order valence-electron chi connectivity index (χ0n) is 23.3. The van der Waals surface area contributed by atoms with Crippen molar-refractivity contribution in [2.75, 3.05) is 13.8 Å². The Morgan fingerprint density at radius 1 is 1.10 bits per heavy atom. The zero-order chi connectivity index (χ0) is 30.8. The average Bonchev–Trinajstić information content (AvgIpc) is 3.30. The van der Waals surface area contributed by atoms with E-state index in [1.54, 1.807) is 27.0 Å². The summed E-state index contributed by atoms with van der Waals surface area (Å²) in [6, 6.07) is 6.93. The fraction of sp³-hybridized carbons (Fsp3) is 0.414. The summed E-state index contributed by atoms with van der Waals surface area (Å²) in [7, 11) is 1.59. The van der Waals surface area contributed by atoms with Gasteiger partial charge in [0.2, 0.25) is 5.91 Å². The van der Waals surface area contributed by atoms with E-state index >= 15 is 0 Å². The number of nitrogens with one attached hydrogen (secondary N) is 2. The minimum atomic E-state index is -3.89. The lowest BCUT2D eigenvalue weighted by atomic mass is 10.00. The van der Waals surface area contributed by atoms with E-state index in [1.165, 1.54) is 17.0 Å². The van der Waals surface area contributed by atoms with Crippen molar-refractivity contribution in [3.8, 4) is 0 Å². The number of likely N-dealkylation sites (tertiary alicyclic amines) is 1. The van der Waals surface area contributed by atoms with Crippen molar-refractivity contribution in [1.29, 1.82) is 0 Å². The molecule has 224 valence electrons. The third-order valence-corrected chi connectivity index (χ3v) is 7.84. The number of ether oxygens (including phenoxy) is 1. The fourth-order valence-electron chi connectivity index (χ4n) is 4.79. The van der Waals surface area contributed by atoms with Crippen molar-refractivity contribution in [3.63, 3.8) is 0 Å². The number of esters is 1. The summed E-state index contributed by atoms with van der Waals surface area (Å²) >= 11 is 0. The maximum atomic E-state index is 14.5. The highest BCUT2D eigenvalue weighted by Gasteiger charge is 2.44. The highest BCUT2D eigenvalue weighted by molar-refractivity contribution is 6.05. The number of alkyl halides is 2. The Balaban J connectivity index is 1.41. The molecule has 0 bridgehead atoms. The first kappa shape index (κ1) is 30.7. The number of hydrogen-bond acceptors (Lipinski definition) is 7. The van der Waals surface area contributed by atoms with Crippen LogP contribution in [0.3, 0.4) is 0 Å². The van der Waals surface area contributed by atoms with Crippen molar-refractivity contribution in [3.05, 3.63) is 70.5 Å². The molecule has 1 saturated heterocycles. The van der Waals surface area contributed by atoms with E-state index in [0.717, 1.165) is 29.2 Å². The van der Waals surface area contributed by atoms with Gasteiger partial charge in [-0.25, -0.2) is 14.1 Å². The van der Waals surface area contributed by atoms with E-state index in [4.69, 9.17) is 4.74 Å². The standard InChI is InChI=1S/C29H31F3N4O6/c1-4-28(2,33-3)27(41)42-16-36-23(37)12-11-22(25(36)39)35-15-18-13-17(5-10-21(18)24(35)38)14-34-26(40)29(31,32)19-6-8-20(30)9-7-19/h5-10,13,22,33H,4,11-12,14-16H2,1-3H3,(H,34,40). The van der Waals surface area contributed by atoms with Crippen LogP contribution in [-0.4, -0.2) is 64.8 Å². The summed E-state index contributed by atoms with van der Waals surface area (Å²) in [4.78, 5) is 65.8. The van der Waals surface area contributed by atoms with Crippen LogP contribution < -0.4 is 10.6 Å². The SMILES string of the molecule is CCC(C)(NC)C(=O)OCN1C(=O)CCC(N2Cc3cc(CNC(=O)C(F)(F)c4ccc(F)cc4)ccc3C2=O)C1=O. The van der Waals surface area contributed by atoms with Gasteiger partial charge in [0.05, 0.1) is 0 Å². The lowest BCUT2D eigenvalue weighted by molar-refractivity contribution is -0.167. The van der Waals surface area contributed by atoms with Gasteiger partial charge in [0.25, 0.3) is 17.7 Å². The molecule has 2 atom stereocenters. The van der Waals surface area contributed by atoms with Gasteiger partial charge in [-0.1, -0.05) is 19.1 Å². The molecule has 0 spiro atoms. The number of amides is 4. The lowest BCUT2D eigenvalue weighted by Crippen LogP contribution is -2.56. The molecule has 1 fully saturated rings. The van der Waals surface area contributed by atoms with Gasteiger partial charge in [-0.3, -0.25) is 19.2 Å². The Hall–Kier alpha value is -4.26. The number of likely N-dealkylation sites (N-methyl/N-ethyl adjacent to an activating group) is 1. The third-order valence-electron chi connectivity index (χ3n) is 7.84. The summed E-state index contributed by atoms with van der Waals surface area (Å²) < 4.78 is 47.4. The maximum Gasteiger partial charge on any atom is 0.349 e. The first-order chi connectivity index (χ1) is 19.8. The number of rotatable bonds is 10. The number of halogens is 3. The summed E-state index contributed by atoms with van der Waals surface area (Å²) in [6.07, 6.45) is 0.465. The van der Waals surface area contributed by atoms with Crippen LogP contribution in [0.4, 0.5) is 13.2 Å². The van der Waals surface area contributed by atoms with E-state index in [-0.39, 0.29) is 25.9 Å². The van der Waals surface area contributed by atoms with E-state index < -0.39 is 65.2 Å². The molecule has 42 heavy (non-hydrogen) atoms. The molecule has 0 aromatic heterocycles. The molecule has 2 N–H and O–H groups in total. The number of carbonyl (C=O) groups excluding carboxylic acids is 5. The molecule has 13 heteroatoms. The van der Waals surface area contributed by atoms with Crippen LogP contribution in [0.2, 0.25) is 0 Å². The summed E-state index contributed by atoms with van der Waals surface area (Å²) in [5.74, 6) is -8.43. The van der Waals surface area contributed by atoms with E-state index in [9.17, 15) is 37.1 Å². The summed E-state index contributed by atoms with van der Waals surface area (Å²) in [5, 5.41) is 5.02. The monoisotopic (exact) mass is 588 g/mol. The van der Waals surface area contributed by atoms with Crippen LogP contribution in [0.25, 0.3) is 0 Å². The second-order valence-electron chi connectivity index (χ2n) is 10.4. The van der Waals surface area contributed by atoms with Crippen molar-refractivity contribution >= 4 is 29.6 Å². The predicted octanol–water partition coefficient (Wildman–Crippen LogP) is 2.60.